The van der Waals surface area contributed by atoms with E-state index in [4.69, 9.17) is 10.0 Å². The number of carbonyl (C=O) groups excluding carboxylic acids is 2. The fraction of sp³-hybridized carbons (Fsp3) is 0.385. The minimum Gasteiger partial charge on any atom is -0.423 e. The normalized spacial score (nSPS) is 13.9. The van der Waals surface area contributed by atoms with Crippen molar-refractivity contribution in [2.45, 2.75) is 26.2 Å². The van der Waals surface area contributed by atoms with Crippen molar-refractivity contribution in [2.24, 2.45) is 0 Å². The van der Waals surface area contributed by atoms with Crippen LogP contribution in [0.25, 0.3) is 0 Å². The molecular formula is C13H16BNO4. The van der Waals surface area contributed by atoms with Crippen LogP contribution in [0.5, 0.6) is 0 Å². The van der Waals surface area contributed by atoms with E-state index in [1.807, 2.05) is 0 Å². The van der Waals surface area contributed by atoms with E-state index in [0.717, 1.165) is 19.3 Å². The molecule has 0 bridgehead atoms. The highest BCUT2D eigenvalue weighted by Crippen LogP contribution is 2.22. The Morgan fingerprint density at radius 2 is 1.79 bits per heavy atom. The summed E-state index contributed by atoms with van der Waals surface area (Å²) in [6.45, 7) is 2.47. The van der Waals surface area contributed by atoms with Gasteiger partial charge in [-0.25, -0.2) is 0 Å². The molecule has 0 saturated carbocycles. The highest BCUT2D eigenvalue weighted by atomic mass is 16.4. The number of hydrogen-bond donors (Lipinski definition) is 2. The van der Waals surface area contributed by atoms with Gasteiger partial charge in [0, 0.05) is 6.54 Å². The molecule has 0 unspecified atom stereocenters. The SMILES string of the molecule is CCCCCN1C(=O)c2ccc(B(O)O)cc2C1=O. The molecule has 1 aliphatic rings. The third-order valence-corrected chi connectivity index (χ3v) is 3.28. The summed E-state index contributed by atoms with van der Waals surface area (Å²) >= 11 is 0. The van der Waals surface area contributed by atoms with E-state index in [-0.39, 0.29) is 22.8 Å². The minimum absolute atomic E-state index is 0.218. The standard InChI is InChI=1S/C13H16BNO4/c1-2-3-4-7-15-12(16)10-6-5-9(14(18)19)8-11(10)13(15)17/h5-6,8,18-19H,2-4,7H2,1H3. The van der Waals surface area contributed by atoms with E-state index in [9.17, 15) is 9.59 Å². The number of imide groups is 1. The molecule has 0 radical (unpaired) electrons. The van der Waals surface area contributed by atoms with Gasteiger partial charge in [0.1, 0.15) is 0 Å². The van der Waals surface area contributed by atoms with Crippen LogP contribution >= 0.6 is 0 Å². The average Bonchev–Trinajstić information content (AvgIpc) is 2.63. The Kier molecular flexibility index (Phi) is 4.02. The number of amides is 2. The van der Waals surface area contributed by atoms with Crippen LogP contribution < -0.4 is 5.46 Å². The molecule has 1 aromatic rings. The van der Waals surface area contributed by atoms with Gasteiger partial charge in [0.2, 0.25) is 0 Å². The van der Waals surface area contributed by atoms with Crippen LogP contribution in [0.1, 0.15) is 46.9 Å². The molecule has 5 nitrogen and oxygen atoms in total. The minimum atomic E-state index is -1.64. The molecule has 0 spiro atoms. The lowest BCUT2D eigenvalue weighted by molar-refractivity contribution is 0.0651. The first kappa shape index (κ1) is 13.8. The van der Waals surface area contributed by atoms with Crippen molar-refractivity contribution in [1.29, 1.82) is 0 Å². The molecule has 2 rings (SSSR count). The van der Waals surface area contributed by atoms with E-state index in [2.05, 4.69) is 6.92 Å². The Hall–Kier alpha value is -1.66. The fourth-order valence-electron chi connectivity index (χ4n) is 2.19. The van der Waals surface area contributed by atoms with Gasteiger partial charge in [-0.3, -0.25) is 14.5 Å². The number of nitrogens with zero attached hydrogens (tertiary/aromatic N) is 1. The first-order valence-corrected chi connectivity index (χ1v) is 6.42. The molecule has 1 heterocycles. The zero-order valence-electron chi connectivity index (χ0n) is 10.8. The van der Waals surface area contributed by atoms with Crippen molar-refractivity contribution in [1.82, 2.24) is 4.90 Å². The fourth-order valence-corrected chi connectivity index (χ4v) is 2.19. The molecule has 1 aromatic carbocycles. The summed E-state index contributed by atoms with van der Waals surface area (Å²) in [7, 11) is -1.64. The number of fused-ring (bicyclic) bond motifs is 1. The zero-order chi connectivity index (χ0) is 14.0. The molecule has 2 amide bonds. The highest BCUT2D eigenvalue weighted by Gasteiger charge is 2.35. The second-order valence-electron chi connectivity index (χ2n) is 4.65. The summed E-state index contributed by atoms with van der Waals surface area (Å²) in [4.78, 5) is 25.4. The summed E-state index contributed by atoms with van der Waals surface area (Å²) in [6, 6.07) is 4.30. The van der Waals surface area contributed by atoms with Crippen LogP contribution in [-0.2, 0) is 0 Å². The quantitative estimate of drug-likeness (QED) is 0.449. The van der Waals surface area contributed by atoms with Crippen LogP contribution in [0.2, 0.25) is 0 Å². The Bertz CT molecular complexity index is 515. The molecule has 6 heteroatoms. The lowest BCUT2D eigenvalue weighted by Gasteiger charge is -2.12. The molecule has 0 fully saturated rings. The number of rotatable bonds is 5. The maximum absolute atomic E-state index is 12.1. The van der Waals surface area contributed by atoms with Crippen molar-refractivity contribution in [3.63, 3.8) is 0 Å². The third kappa shape index (κ3) is 2.55. The van der Waals surface area contributed by atoms with Crippen molar-refractivity contribution in [3.05, 3.63) is 29.3 Å². The van der Waals surface area contributed by atoms with Crippen LogP contribution in [-0.4, -0.2) is 40.4 Å². The summed E-state index contributed by atoms with van der Waals surface area (Å²) < 4.78 is 0. The Balaban J connectivity index is 2.23. The molecule has 0 atom stereocenters. The Morgan fingerprint density at radius 3 is 2.42 bits per heavy atom. The third-order valence-electron chi connectivity index (χ3n) is 3.28. The van der Waals surface area contributed by atoms with Gasteiger partial charge in [-0.15, -0.1) is 0 Å². The van der Waals surface area contributed by atoms with Gasteiger partial charge in [0.15, 0.2) is 0 Å². The van der Waals surface area contributed by atoms with E-state index >= 15 is 0 Å². The first-order chi connectivity index (χ1) is 9.06. The van der Waals surface area contributed by atoms with E-state index < -0.39 is 7.12 Å². The summed E-state index contributed by atoms with van der Waals surface area (Å²) in [6.07, 6.45) is 2.77. The lowest BCUT2D eigenvalue weighted by Crippen LogP contribution is -2.31. The van der Waals surface area contributed by atoms with Crippen molar-refractivity contribution in [2.75, 3.05) is 6.54 Å². The van der Waals surface area contributed by atoms with E-state index in [1.165, 1.54) is 23.1 Å². The predicted octanol–water partition coefficient (Wildman–Crippen LogP) is 0.153. The van der Waals surface area contributed by atoms with Gasteiger partial charge in [-0.2, -0.15) is 0 Å². The highest BCUT2D eigenvalue weighted by molar-refractivity contribution is 6.58. The first-order valence-electron chi connectivity index (χ1n) is 6.42. The molecule has 0 saturated heterocycles. The molecule has 2 N–H and O–H groups in total. The number of hydrogen-bond acceptors (Lipinski definition) is 4. The van der Waals surface area contributed by atoms with E-state index in [0.29, 0.717) is 12.1 Å². The van der Waals surface area contributed by atoms with Gasteiger partial charge in [0.05, 0.1) is 11.1 Å². The molecule has 100 valence electrons. The number of unbranched alkanes of at least 4 members (excludes halogenated alkanes) is 2. The number of benzene rings is 1. The van der Waals surface area contributed by atoms with Crippen molar-refractivity contribution < 1.29 is 19.6 Å². The zero-order valence-corrected chi connectivity index (χ0v) is 10.8. The van der Waals surface area contributed by atoms with Gasteiger partial charge in [-0.05, 0) is 24.0 Å². The maximum Gasteiger partial charge on any atom is 0.488 e. The van der Waals surface area contributed by atoms with Crippen LogP contribution in [0.15, 0.2) is 18.2 Å². The van der Waals surface area contributed by atoms with Crippen molar-refractivity contribution in [3.8, 4) is 0 Å². The second kappa shape index (κ2) is 5.55. The largest absolute Gasteiger partial charge is 0.488 e. The second-order valence-corrected chi connectivity index (χ2v) is 4.65. The molecule has 0 aliphatic carbocycles. The van der Waals surface area contributed by atoms with Gasteiger partial charge >= 0.3 is 7.12 Å². The smallest absolute Gasteiger partial charge is 0.423 e. The molecule has 1 aliphatic heterocycles. The summed E-state index contributed by atoms with van der Waals surface area (Å²) in [5, 5.41) is 18.2. The summed E-state index contributed by atoms with van der Waals surface area (Å²) in [5.74, 6) is -0.645. The van der Waals surface area contributed by atoms with Crippen molar-refractivity contribution >= 4 is 24.4 Å². The molecule has 19 heavy (non-hydrogen) atoms. The van der Waals surface area contributed by atoms with Crippen LogP contribution in [0.3, 0.4) is 0 Å². The van der Waals surface area contributed by atoms with Crippen LogP contribution in [0, 0.1) is 0 Å². The number of carbonyl (C=O) groups is 2. The molecule has 0 aromatic heterocycles. The van der Waals surface area contributed by atoms with Gasteiger partial charge in [-0.1, -0.05) is 25.8 Å². The maximum atomic E-state index is 12.1. The average molecular weight is 261 g/mol. The Labute approximate surface area is 112 Å². The van der Waals surface area contributed by atoms with Gasteiger partial charge in [0.25, 0.3) is 11.8 Å². The topological polar surface area (TPSA) is 77.8 Å². The predicted molar refractivity (Wildman–Crippen MR) is 71.2 cm³/mol. The molecular weight excluding hydrogens is 245 g/mol. The van der Waals surface area contributed by atoms with E-state index in [1.54, 1.807) is 0 Å². The van der Waals surface area contributed by atoms with Gasteiger partial charge < -0.3 is 10.0 Å². The summed E-state index contributed by atoms with van der Waals surface area (Å²) in [5.41, 5.74) is 0.813. The monoisotopic (exact) mass is 261 g/mol. The van der Waals surface area contributed by atoms with Crippen LogP contribution in [0.4, 0.5) is 0 Å². The lowest BCUT2D eigenvalue weighted by atomic mass is 9.79. The Morgan fingerprint density at radius 1 is 1.11 bits per heavy atom.